The summed E-state index contributed by atoms with van der Waals surface area (Å²) in [7, 11) is 0. The SMILES string of the molecule is CCOC(=O)c1nc(-c2ccc(NC(=O)NC(C)(C)C)cc2)nc(N2CCOCC2)c1CC. The molecule has 1 aliphatic heterocycles. The number of morpholine rings is 1. The zero-order valence-electron chi connectivity index (χ0n) is 20.0. The number of amides is 2. The molecule has 2 N–H and O–H groups in total. The van der Waals surface area contributed by atoms with Gasteiger partial charge in [-0.3, -0.25) is 0 Å². The molecule has 2 amide bonds. The largest absolute Gasteiger partial charge is 0.461 e. The Hall–Kier alpha value is -3.20. The van der Waals surface area contributed by atoms with E-state index in [1.165, 1.54) is 0 Å². The Morgan fingerprint density at radius 3 is 2.33 bits per heavy atom. The molecule has 2 aromatic rings. The molecule has 0 spiro atoms. The van der Waals surface area contributed by atoms with Crippen molar-refractivity contribution in [2.75, 3.05) is 43.1 Å². The van der Waals surface area contributed by atoms with Gasteiger partial charge in [-0.2, -0.15) is 0 Å². The molecule has 1 aromatic heterocycles. The third-order valence-corrected chi connectivity index (χ3v) is 5.01. The van der Waals surface area contributed by atoms with Crippen LogP contribution in [0.2, 0.25) is 0 Å². The molecule has 0 aliphatic carbocycles. The van der Waals surface area contributed by atoms with Crippen LogP contribution in [0.4, 0.5) is 16.3 Å². The van der Waals surface area contributed by atoms with E-state index in [0.717, 1.165) is 16.9 Å². The molecule has 0 radical (unpaired) electrons. The molecule has 0 saturated carbocycles. The third-order valence-electron chi connectivity index (χ3n) is 5.01. The number of benzene rings is 1. The van der Waals surface area contributed by atoms with E-state index >= 15 is 0 Å². The summed E-state index contributed by atoms with van der Waals surface area (Å²) in [5.74, 6) is 0.715. The highest BCUT2D eigenvalue weighted by molar-refractivity contribution is 5.92. The molecule has 0 atom stereocenters. The first-order chi connectivity index (χ1) is 15.7. The lowest BCUT2D eigenvalue weighted by molar-refractivity contribution is 0.0518. The second-order valence-electron chi connectivity index (χ2n) is 8.78. The Kier molecular flexibility index (Phi) is 7.86. The van der Waals surface area contributed by atoms with Crippen LogP contribution in [0.15, 0.2) is 24.3 Å². The maximum absolute atomic E-state index is 12.7. The van der Waals surface area contributed by atoms with E-state index in [2.05, 4.69) is 20.5 Å². The molecule has 1 saturated heterocycles. The van der Waals surface area contributed by atoms with E-state index in [-0.39, 0.29) is 23.9 Å². The minimum atomic E-state index is -0.454. The van der Waals surface area contributed by atoms with Gasteiger partial charge < -0.3 is 25.0 Å². The van der Waals surface area contributed by atoms with Gasteiger partial charge in [-0.25, -0.2) is 19.6 Å². The van der Waals surface area contributed by atoms with Gasteiger partial charge in [0.15, 0.2) is 11.5 Å². The van der Waals surface area contributed by atoms with Crippen LogP contribution in [0.25, 0.3) is 11.4 Å². The van der Waals surface area contributed by atoms with Crippen LogP contribution in [-0.4, -0.2) is 60.4 Å². The van der Waals surface area contributed by atoms with Gasteiger partial charge in [0.25, 0.3) is 0 Å². The number of hydrogen-bond donors (Lipinski definition) is 2. The van der Waals surface area contributed by atoms with Crippen molar-refractivity contribution in [2.24, 2.45) is 0 Å². The molecule has 0 bridgehead atoms. The first-order valence-corrected chi connectivity index (χ1v) is 11.3. The van der Waals surface area contributed by atoms with E-state index in [1.54, 1.807) is 19.1 Å². The highest BCUT2D eigenvalue weighted by atomic mass is 16.5. The minimum absolute atomic E-state index is 0.269. The van der Waals surface area contributed by atoms with Crippen molar-refractivity contribution in [3.05, 3.63) is 35.5 Å². The van der Waals surface area contributed by atoms with Crippen molar-refractivity contribution in [3.63, 3.8) is 0 Å². The van der Waals surface area contributed by atoms with Gasteiger partial charge in [0, 0.05) is 35.4 Å². The normalized spacial score (nSPS) is 14.0. The number of anilines is 2. The topological polar surface area (TPSA) is 106 Å². The predicted molar refractivity (Wildman–Crippen MR) is 128 cm³/mol. The van der Waals surface area contributed by atoms with Crippen LogP contribution in [0.5, 0.6) is 0 Å². The summed E-state index contributed by atoms with van der Waals surface area (Å²) >= 11 is 0. The molecule has 1 fully saturated rings. The van der Waals surface area contributed by atoms with Crippen molar-refractivity contribution in [3.8, 4) is 11.4 Å². The third kappa shape index (κ3) is 6.41. The lowest BCUT2D eigenvalue weighted by Gasteiger charge is -2.30. The lowest BCUT2D eigenvalue weighted by atomic mass is 10.1. The van der Waals surface area contributed by atoms with E-state index in [1.807, 2.05) is 39.8 Å². The summed E-state index contributed by atoms with van der Waals surface area (Å²) < 4.78 is 10.8. The second-order valence-corrected chi connectivity index (χ2v) is 8.78. The highest BCUT2D eigenvalue weighted by Crippen LogP contribution is 2.28. The Balaban J connectivity index is 1.95. The van der Waals surface area contributed by atoms with E-state index in [4.69, 9.17) is 14.5 Å². The van der Waals surface area contributed by atoms with Crippen LogP contribution in [0, 0.1) is 0 Å². The number of esters is 1. The summed E-state index contributed by atoms with van der Waals surface area (Å²) in [6.45, 7) is 12.4. The van der Waals surface area contributed by atoms with Gasteiger partial charge >= 0.3 is 12.0 Å². The Morgan fingerprint density at radius 1 is 1.09 bits per heavy atom. The number of carbonyl (C=O) groups excluding carboxylic acids is 2. The molecule has 1 aromatic carbocycles. The average Bonchev–Trinajstić information content (AvgIpc) is 2.78. The van der Waals surface area contributed by atoms with Crippen LogP contribution in [0.1, 0.15) is 50.7 Å². The smallest absolute Gasteiger partial charge is 0.357 e. The van der Waals surface area contributed by atoms with Crippen molar-refractivity contribution in [1.82, 2.24) is 15.3 Å². The molecule has 1 aliphatic rings. The summed E-state index contributed by atoms with van der Waals surface area (Å²) in [6.07, 6.45) is 0.604. The van der Waals surface area contributed by atoms with Crippen LogP contribution >= 0.6 is 0 Å². The summed E-state index contributed by atoms with van der Waals surface area (Å²) in [4.78, 5) is 36.4. The number of nitrogens with one attached hydrogen (secondary N) is 2. The average molecular weight is 456 g/mol. The van der Waals surface area contributed by atoms with E-state index in [9.17, 15) is 9.59 Å². The first kappa shape index (κ1) is 24.4. The number of hydrogen-bond acceptors (Lipinski definition) is 7. The highest BCUT2D eigenvalue weighted by Gasteiger charge is 2.25. The number of ether oxygens (including phenoxy) is 2. The first-order valence-electron chi connectivity index (χ1n) is 11.3. The van der Waals surface area contributed by atoms with Gasteiger partial charge in [0.2, 0.25) is 0 Å². The lowest BCUT2D eigenvalue weighted by Crippen LogP contribution is -2.43. The van der Waals surface area contributed by atoms with Gasteiger partial charge in [-0.1, -0.05) is 6.92 Å². The standard InChI is InChI=1S/C24H33N5O4/c1-6-18-19(22(30)33-7-2)26-20(27-21(18)29-12-14-32-15-13-29)16-8-10-17(11-9-16)25-23(31)28-24(3,4)5/h8-11H,6-7,12-15H2,1-5H3,(H2,25,28,31). The Morgan fingerprint density at radius 2 is 1.76 bits per heavy atom. The molecule has 9 heteroatoms. The molecule has 0 unspecified atom stereocenters. The van der Waals surface area contributed by atoms with Gasteiger partial charge in [-0.05, 0) is 58.4 Å². The fourth-order valence-electron chi connectivity index (χ4n) is 3.54. The molecule has 178 valence electrons. The van der Waals surface area contributed by atoms with Gasteiger partial charge in [0.1, 0.15) is 5.82 Å². The molecular weight excluding hydrogens is 422 g/mol. The Bertz CT molecular complexity index is 980. The molecule has 3 rings (SSSR count). The number of rotatable bonds is 6. The van der Waals surface area contributed by atoms with Gasteiger partial charge in [0.05, 0.1) is 19.8 Å². The number of nitrogens with zero attached hydrogens (tertiary/aromatic N) is 3. The van der Waals surface area contributed by atoms with Crippen LogP contribution in [0.3, 0.4) is 0 Å². The quantitative estimate of drug-likeness (QED) is 0.641. The number of aromatic nitrogens is 2. The second kappa shape index (κ2) is 10.6. The van der Waals surface area contributed by atoms with E-state index < -0.39 is 5.97 Å². The van der Waals surface area contributed by atoms with Crippen LogP contribution < -0.4 is 15.5 Å². The maximum atomic E-state index is 12.7. The predicted octanol–water partition coefficient (Wildman–Crippen LogP) is 3.64. The molecule has 2 heterocycles. The van der Waals surface area contributed by atoms with Crippen molar-refractivity contribution >= 4 is 23.5 Å². The summed E-state index contributed by atoms with van der Waals surface area (Å²) in [6, 6.07) is 6.94. The molecule has 9 nitrogen and oxygen atoms in total. The van der Waals surface area contributed by atoms with Gasteiger partial charge in [-0.15, -0.1) is 0 Å². The maximum Gasteiger partial charge on any atom is 0.357 e. The van der Waals surface area contributed by atoms with E-state index in [0.29, 0.717) is 44.2 Å². The molecule has 33 heavy (non-hydrogen) atoms. The number of carbonyl (C=O) groups is 2. The Labute approximate surface area is 194 Å². The summed E-state index contributed by atoms with van der Waals surface area (Å²) in [5, 5.41) is 5.68. The zero-order valence-corrected chi connectivity index (χ0v) is 20.0. The van der Waals surface area contributed by atoms with Crippen molar-refractivity contribution < 1.29 is 19.1 Å². The fraction of sp³-hybridized carbons (Fsp3) is 0.500. The fourth-order valence-corrected chi connectivity index (χ4v) is 3.54. The minimum Gasteiger partial charge on any atom is -0.461 e. The van der Waals surface area contributed by atoms with Crippen molar-refractivity contribution in [1.29, 1.82) is 0 Å². The number of urea groups is 1. The zero-order chi connectivity index (χ0) is 24.0. The van der Waals surface area contributed by atoms with Crippen LogP contribution in [-0.2, 0) is 15.9 Å². The summed E-state index contributed by atoms with van der Waals surface area (Å²) in [5.41, 5.74) is 2.11. The monoisotopic (exact) mass is 455 g/mol. The molecular formula is C24H33N5O4. The van der Waals surface area contributed by atoms with Crippen molar-refractivity contribution in [2.45, 2.75) is 46.6 Å².